The van der Waals surface area contributed by atoms with E-state index in [9.17, 15) is 9.90 Å². The van der Waals surface area contributed by atoms with Gasteiger partial charge in [0, 0.05) is 13.1 Å². The molecular formula is C18H20N2O2. The second-order valence-electron chi connectivity index (χ2n) is 5.76. The Morgan fingerprint density at radius 3 is 2.73 bits per heavy atom. The fourth-order valence-corrected chi connectivity index (χ4v) is 2.92. The number of phenols is 1. The van der Waals surface area contributed by atoms with Gasteiger partial charge in [0.25, 0.3) is 0 Å². The van der Waals surface area contributed by atoms with Crippen LogP contribution in [0.4, 0.5) is 0 Å². The van der Waals surface area contributed by atoms with Crippen LogP contribution in [0.1, 0.15) is 16.7 Å². The Balaban J connectivity index is 1.68. The molecule has 2 aromatic carbocycles. The number of phenolic OH excluding ortho intramolecular Hbond substituents is 1. The molecule has 0 bridgehead atoms. The fraction of sp³-hybridized carbons (Fsp3) is 0.278. The molecule has 0 fully saturated rings. The van der Waals surface area contributed by atoms with E-state index in [1.807, 2.05) is 36.4 Å². The normalized spacial score (nSPS) is 15.2. The van der Waals surface area contributed by atoms with E-state index in [1.165, 1.54) is 5.56 Å². The number of amides is 1. The third-order valence-electron chi connectivity index (χ3n) is 4.13. The number of rotatable bonds is 3. The van der Waals surface area contributed by atoms with Gasteiger partial charge in [0.2, 0.25) is 5.91 Å². The van der Waals surface area contributed by atoms with Gasteiger partial charge in [-0.1, -0.05) is 36.4 Å². The summed E-state index contributed by atoms with van der Waals surface area (Å²) in [6.45, 7) is 1.20. The Labute approximate surface area is 130 Å². The molecule has 4 heteroatoms. The first-order valence-electron chi connectivity index (χ1n) is 7.52. The van der Waals surface area contributed by atoms with Crippen molar-refractivity contribution in [2.45, 2.75) is 25.4 Å². The first-order chi connectivity index (χ1) is 10.6. The van der Waals surface area contributed by atoms with Crippen molar-refractivity contribution in [3.63, 3.8) is 0 Å². The summed E-state index contributed by atoms with van der Waals surface area (Å²) in [6.07, 6.45) is 1.35. The minimum absolute atomic E-state index is 0.0298. The third kappa shape index (κ3) is 3.12. The summed E-state index contributed by atoms with van der Waals surface area (Å²) in [5.74, 6) is 0.208. The van der Waals surface area contributed by atoms with Crippen molar-refractivity contribution < 1.29 is 9.90 Å². The molecule has 4 nitrogen and oxygen atoms in total. The van der Waals surface area contributed by atoms with Crippen molar-refractivity contribution in [3.8, 4) is 5.75 Å². The largest absolute Gasteiger partial charge is 0.508 e. The Kier molecular flexibility index (Phi) is 4.11. The number of fused-ring (bicyclic) bond motifs is 1. The molecule has 1 atom stereocenters. The van der Waals surface area contributed by atoms with Crippen molar-refractivity contribution >= 4 is 5.91 Å². The summed E-state index contributed by atoms with van der Waals surface area (Å²) in [5.41, 5.74) is 9.36. The Morgan fingerprint density at radius 2 is 1.95 bits per heavy atom. The van der Waals surface area contributed by atoms with Gasteiger partial charge in [-0.05, 0) is 41.7 Å². The van der Waals surface area contributed by atoms with Gasteiger partial charge in [0.1, 0.15) is 5.75 Å². The minimum atomic E-state index is -0.527. The van der Waals surface area contributed by atoms with Crippen LogP contribution in [0.5, 0.6) is 5.75 Å². The van der Waals surface area contributed by atoms with Crippen molar-refractivity contribution in [2.24, 2.45) is 5.73 Å². The molecule has 0 saturated carbocycles. The number of carbonyl (C=O) groups excluding carboxylic acids is 1. The molecule has 0 saturated heterocycles. The van der Waals surface area contributed by atoms with E-state index in [2.05, 4.69) is 0 Å². The molecule has 1 aliphatic rings. The number of hydrogen-bond acceptors (Lipinski definition) is 3. The van der Waals surface area contributed by atoms with E-state index in [0.717, 1.165) is 17.5 Å². The topological polar surface area (TPSA) is 66.6 Å². The van der Waals surface area contributed by atoms with Crippen LogP contribution in [0.2, 0.25) is 0 Å². The first-order valence-corrected chi connectivity index (χ1v) is 7.52. The van der Waals surface area contributed by atoms with Gasteiger partial charge in [-0.15, -0.1) is 0 Å². The van der Waals surface area contributed by atoms with Gasteiger partial charge < -0.3 is 15.7 Å². The average Bonchev–Trinajstić information content (AvgIpc) is 2.54. The van der Waals surface area contributed by atoms with Crippen molar-refractivity contribution in [1.29, 1.82) is 0 Å². The lowest BCUT2D eigenvalue weighted by Crippen LogP contribution is -2.46. The molecule has 3 N–H and O–H groups in total. The van der Waals surface area contributed by atoms with Gasteiger partial charge in [0.15, 0.2) is 0 Å². The van der Waals surface area contributed by atoms with Gasteiger partial charge >= 0.3 is 0 Å². The number of hydrogen-bond donors (Lipinski definition) is 2. The van der Waals surface area contributed by atoms with E-state index in [0.29, 0.717) is 19.5 Å². The first kappa shape index (κ1) is 14.6. The van der Waals surface area contributed by atoms with Crippen LogP contribution >= 0.6 is 0 Å². The predicted molar refractivity (Wildman–Crippen MR) is 85.3 cm³/mol. The van der Waals surface area contributed by atoms with Crippen LogP contribution in [0.3, 0.4) is 0 Å². The summed E-state index contributed by atoms with van der Waals surface area (Å²) in [5, 5.41) is 9.59. The molecule has 1 unspecified atom stereocenters. The van der Waals surface area contributed by atoms with E-state index >= 15 is 0 Å². The van der Waals surface area contributed by atoms with E-state index in [1.54, 1.807) is 17.0 Å². The lowest BCUT2D eigenvalue weighted by molar-refractivity contribution is -0.133. The molecular weight excluding hydrogens is 276 g/mol. The molecule has 0 radical (unpaired) electrons. The molecule has 1 heterocycles. The van der Waals surface area contributed by atoms with Crippen LogP contribution < -0.4 is 5.73 Å². The van der Waals surface area contributed by atoms with Crippen LogP contribution in [0, 0.1) is 0 Å². The molecule has 22 heavy (non-hydrogen) atoms. The number of aromatic hydroxyl groups is 1. The van der Waals surface area contributed by atoms with Crippen LogP contribution in [-0.4, -0.2) is 28.5 Å². The summed E-state index contributed by atoms with van der Waals surface area (Å²) < 4.78 is 0. The molecule has 1 amide bonds. The smallest absolute Gasteiger partial charge is 0.240 e. The number of carbonyl (C=O) groups is 1. The molecule has 0 aromatic heterocycles. The quantitative estimate of drug-likeness (QED) is 0.908. The van der Waals surface area contributed by atoms with E-state index < -0.39 is 6.04 Å². The molecule has 0 spiro atoms. The van der Waals surface area contributed by atoms with Crippen molar-refractivity contribution in [1.82, 2.24) is 4.90 Å². The van der Waals surface area contributed by atoms with Crippen molar-refractivity contribution in [2.75, 3.05) is 6.54 Å². The fourth-order valence-electron chi connectivity index (χ4n) is 2.92. The zero-order valence-electron chi connectivity index (χ0n) is 12.4. The molecule has 0 aliphatic carbocycles. The number of nitrogens with two attached hydrogens (primary N) is 1. The highest BCUT2D eigenvalue weighted by Crippen LogP contribution is 2.23. The summed E-state index contributed by atoms with van der Waals surface area (Å²) >= 11 is 0. The Morgan fingerprint density at radius 1 is 1.18 bits per heavy atom. The highest BCUT2D eigenvalue weighted by molar-refractivity contribution is 5.82. The van der Waals surface area contributed by atoms with E-state index in [4.69, 9.17) is 5.73 Å². The third-order valence-corrected chi connectivity index (χ3v) is 4.13. The van der Waals surface area contributed by atoms with Crippen molar-refractivity contribution in [3.05, 3.63) is 65.2 Å². The average molecular weight is 296 g/mol. The number of nitrogens with zero attached hydrogens (tertiary/aromatic N) is 1. The SMILES string of the molecule is NC(Cc1ccccc1)C(=O)N1CCc2ccc(O)cc2C1. The maximum atomic E-state index is 12.5. The lowest BCUT2D eigenvalue weighted by atomic mass is 9.98. The zero-order valence-corrected chi connectivity index (χ0v) is 12.4. The summed E-state index contributed by atoms with van der Waals surface area (Å²) in [4.78, 5) is 14.3. The van der Waals surface area contributed by atoms with Gasteiger partial charge in [-0.25, -0.2) is 0 Å². The van der Waals surface area contributed by atoms with E-state index in [-0.39, 0.29) is 11.7 Å². The predicted octanol–water partition coefficient (Wildman–Crippen LogP) is 1.85. The monoisotopic (exact) mass is 296 g/mol. The standard InChI is InChI=1S/C18H20N2O2/c19-17(10-13-4-2-1-3-5-13)18(22)20-9-8-14-6-7-16(21)11-15(14)12-20/h1-7,11,17,21H,8-10,12,19H2. The molecule has 1 aliphatic heterocycles. The van der Waals surface area contributed by atoms with Gasteiger partial charge in [-0.3, -0.25) is 4.79 Å². The second-order valence-corrected chi connectivity index (χ2v) is 5.76. The molecule has 114 valence electrons. The Hall–Kier alpha value is -2.33. The number of benzene rings is 2. The highest BCUT2D eigenvalue weighted by atomic mass is 16.3. The zero-order chi connectivity index (χ0) is 15.5. The van der Waals surface area contributed by atoms with Crippen LogP contribution in [0.25, 0.3) is 0 Å². The van der Waals surface area contributed by atoms with Crippen LogP contribution in [-0.2, 0) is 24.2 Å². The van der Waals surface area contributed by atoms with Gasteiger partial charge in [-0.2, -0.15) is 0 Å². The maximum absolute atomic E-state index is 12.5. The minimum Gasteiger partial charge on any atom is -0.508 e. The Bertz CT molecular complexity index is 670. The highest BCUT2D eigenvalue weighted by Gasteiger charge is 2.25. The summed E-state index contributed by atoms with van der Waals surface area (Å²) in [7, 11) is 0. The molecule has 3 rings (SSSR count). The van der Waals surface area contributed by atoms with Gasteiger partial charge in [0.05, 0.1) is 6.04 Å². The maximum Gasteiger partial charge on any atom is 0.240 e. The molecule has 2 aromatic rings. The summed E-state index contributed by atoms with van der Waals surface area (Å²) in [6, 6.07) is 14.6. The second kappa shape index (κ2) is 6.20. The van der Waals surface area contributed by atoms with Crippen LogP contribution in [0.15, 0.2) is 48.5 Å². The lowest BCUT2D eigenvalue weighted by Gasteiger charge is -2.31.